The van der Waals surface area contributed by atoms with E-state index in [4.69, 9.17) is 4.74 Å². The predicted molar refractivity (Wildman–Crippen MR) is 108 cm³/mol. The third-order valence-corrected chi connectivity index (χ3v) is 4.71. The SMILES string of the molecule is CCOC(=O)c1c(C)[nH]c(C)c1C(=O)Cn1nnc(-c2ccc(C(C)C)cc2)n1. The molecular weight excluding hydrogens is 370 g/mol. The van der Waals surface area contributed by atoms with Crippen LogP contribution < -0.4 is 0 Å². The number of nitrogens with zero attached hydrogens (tertiary/aromatic N) is 4. The fraction of sp³-hybridized carbons (Fsp3) is 0.381. The molecule has 0 radical (unpaired) electrons. The van der Waals surface area contributed by atoms with Gasteiger partial charge in [-0.1, -0.05) is 38.1 Å². The number of esters is 1. The van der Waals surface area contributed by atoms with Crippen molar-refractivity contribution >= 4 is 11.8 Å². The summed E-state index contributed by atoms with van der Waals surface area (Å²) < 4.78 is 5.09. The van der Waals surface area contributed by atoms with E-state index >= 15 is 0 Å². The van der Waals surface area contributed by atoms with Crippen molar-refractivity contribution in [2.75, 3.05) is 6.61 Å². The number of carbonyl (C=O) groups excluding carboxylic acids is 2. The Hall–Kier alpha value is -3.29. The summed E-state index contributed by atoms with van der Waals surface area (Å²) in [5.41, 5.74) is 3.83. The third kappa shape index (κ3) is 4.26. The lowest BCUT2D eigenvalue weighted by Gasteiger charge is -2.05. The average molecular weight is 395 g/mol. The van der Waals surface area contributed by atoms with Gasteiger partial charge in [0.15, 0.2) is 5.78 Å². The molecule has 8 heteroatoms. The summed E-state index contributed by atoms with van der Waals surface area (Å²) in [6, 6.07) is 7.95. The lowest BCUT2D eigenvalue weighted by molar-refractivity contribution is 0.0522. The molecule has 2 aromatic heterocycles. The Kier molecular flexibility index (Phi) is 5.91. The van der Waals surface area contributed by atoms with Crippen LogP contribution in [0.15, 0.2) is 24.3 Å². The number of hydrogen-bond acceptors (Lipinski definition) is 6. The molecule has 1 aromatic carbocycles. The lowest BCUT2D eigenvalue weighted by atomic mass is 10.0. The van der Waals surface area contributed by atoms with Crippen molar-refractivity contribution in [2.24, 2.45) is 0 Å². The third-order valence-electron chi connectivity index (χ3n) is 4.71. The number of aromatic amines is 1. The second kappa shape index (κ2) is 8.38. The molecule has 152 valence electrons. The highest BCUT2D eigenvalue weighted by atomic mass is 16.5. The number of Topliss-reactive ketones (excluding diaryl/α,β-unsaturated/α-hetero) is 1. The van der Waals surface area contributed by atoms with Gasteiger partial charge in [0.2, 0.25) is 5.82 Å². The highest BCUT2D eigenvalue weighted by Gasteiger charge is 2.26. The van der Waals surface area contributed by atoms with Crippen LogP contribution in [0.1, 0.15) is 64.4 Å². The van der Waals surface area contributed by atoms with Crippen LogP contribution in [0.5, 0.6) is 0 Å². The van der Waals surface area contributed by atoms with Crippen molar-refractivity contribution in [1.29, 1.82) is 0 Å². The first-order valence-electron chi connectivity index (χ1n) is 9.59. The number of ether oxygens (including phenoxy) is 1. The summed E-state index contributed by atoms with van der Waals surface area (Å²) in [6.07, 6.45) is 0. The Labute approximate surface area is 169 Å². The number of hydrogen-bond donors (Lipinski definition) is 1. The fourth-order valence-corrected chi connectivity index (χ4v) is 3.24. The van der Waals surface area contributed by atoms with Crippen molar-refractivity contribution in [3.8, 4) is 11.4 Å². The largest absolute Gasteiger partial charge is 0.462 e. The van der Waals surface area contributed by atoms with Gasteiger partial charge >= 0.3 is 5.97 Å². The first-order chi connectivity index (χ1) is 13.8. The quantitative estimate of drug-likeness (QED) is 0.485. The van der Waals surface area contributed by atoms with E-state index in [9.17, 15) is 9.59 Å². The number of carbonyl (C=O) groups is 2. The van der Waals surface area contributed by atoms with E-state index in [-0.39, 0.29) is 24.5 Å². The summed E-state index contributed by atoms with van der Waals surface area (Å²) in [6.45, 7) is 9.58. The van der Waals surface area contributed by atoms with Crippen LogP contribution in [0.25, 0.3) is 11.4 Å². The molecule has 3 rings (SSSR count). The number of aromatic nitrogens is 5. The first kappa shape index (κ1) is 20.4. The van der Waals surface area contributed by atoms with E-state index in [0.717, 1.165) is 5.56 Å². The van der Waals surface area contributed by atoms with E-state index in [0.29, 0.717) is 28.7 Å². The van der Waals surface area contributed by atoms with Gasteiger partial charge in [0.1, 0.15) is 6.54 Å². The number of ketones is 1. The van der Waals surface area contributed by atoms with Crippen molar-refractivity contribution in [2.45, 2.75) is 47.1 Å². The summed E-state index contributed by atoms with van der Waals surface area (Å²) in [5, 5.41) is 12.4. The van der Waals surface area contributed by atoms with E-state index < -0.39 is 5.97 Å². The van der Waals surface area contributed by atoms with E-state index in [1.807, 2.05) is 24.3 Å². The Morgan fingerprint density at radius 1 is 1.10 bits per heavy atom. The number of rotatable bonds is 7. The van der Waals surface area contributed by atoms with Crippen LogP contribution in [0.2, 0.25) is 0 Å². The van der Waals surface area contributed by atoms with Gasteiger partial charge in [0.05, 0.1) is 17.7 Å². The molecule has 0 fully saturated rings. The Morgan fingerprint density at radius 2 is 1.76 bits per heavy atom. The molecule has 3 aromatic rings. The maximum absolute atomic E-state index is 12.9. The van der Waals surface area contributed by atoms with Crippen LogP contribution in [0.4, 0.5) is 0 Å². The van der Waals surface area contributed by atoms with Gasteiger partial charge < -0.3 is 9.72 Å². The molecule has 29 heavy (non-hydrogen) atoms. The van der Waals surface area contributed by atoms with Crippen LogP contribution in [0.3, 0.4) is 0 Å². The van der Waals surface area contributed by atoms with Gasteiger partial charge in [-0.25, -0.2) is 4.79 Å². The van der Waals surface area contributed by atoms with Gasteiger partial charge in [-0.3, -0.25) is 4.79 Å². The Bertz CT molecular complexity index is 1030. The second-order valence-electron chi connectivity index (χ2n) is 7.19. The molecule has 0 unspecified atom stereocenters. The van der Waals surface area contributed by atoms with E-state index in [1.165, 1.54) is 10.4 Å². The zero-order valence-corrected chi connectivity index (χ0v) is 17.3. The van der Waals surface area contributed by atoms with Crippen LogP contribution in [-0.4, -0.2) is 43.6 Å². The number of aryl methyl sites for hydroxylation is 2. The topological polar surface area (TPSA) is 103 Å². The van der Waals surface area contributed by atoms with Crippen LogP contribution in [-0.2, 0) is 11.3 Å². The van der Waals surface area contributed by atoms with Crippen molar-refractivity contribution in [1.82, 2.24) is 25.2 Å². The van der Waals surface area contributed by atoms with Crippen molar-refractivity contribution < 1.29 is 14.3 Å². The molecule has 0 aliphatic carbocycles. The molecule has 0 atom stereocenters. The first-order valence-corrected chi connectivity index (χ1v) is 9.59. The number of tetrazole rings is 1. The van der Waals surface area contributed by atoms with Crippen LogP contribution in [0, 0.1) is 13.8 Å². The molecule has 0 aliphatic rings. The Balaban J connectivity index is 1.82. The molecule has 0 amide bonds. The highest BCUT2D eigenvalue weighted by molar-refractivity contribution is 6.08. The maximum atomic E-state index is 12.9. The van der Waals surface area contributed by atoms with Crippen LogP contribution >= 0.6 is 0 Å². The molecule has 2 heterocycles. The zero-order valence-electron chi connectivity index (χ0n) is 17.3. The van der Waals surface area contributed by atoms with Gasteiger partial charge in [-0.15, -0.1) is 10.2 Å². The molecule has 0 aliphatic heterocycles. The number of benzene rings is 1. The summed E-state index contributed by atoms with van der Waals surface area (Å²) in [7, 11) is 0. The van der Waals surface area contributed by atoms with Gasteiger partial charge in [0, 0.05) is 17.0 Å². The number of nitrogens with one attached hydrogen (secondary N) is 1. The minimum absolute atomic E-state index is 0.123. The molecule has 0 saturated carbocycles. The fourth-order valence-electron chi connectivity index (χ4n) is 3.24. The molecule has 1 N–H and O–H groups in total. The van der Waals surface area contributed by atoms with Gasteiger partial charge in [-0.05, 0) is 37.5 Å². The normalized spacial score (nSPS) is 11.1. The van der Waals surface area contributed by atoms with E-state index in [2.05, 4.69) is 34.2 Å². The predicted octanol–water partition coefficient (Wildman–Crippen LogP) is 3.47. The smallest absolute Gasteiger partial charge is 0.340 e. The van der Waals surface area contributed by atoms with Gasteiger partial charge in [-0.2, -0.15) is 4.80 Å². The highest BCUT2D eigenvalue weighted by Crippen LogP contribution is 2.22. The van der Waals surface area contributed by atoms with E-state index in [1.54, 1.807) is 20.8 Å². The monoisotopic (exact) mass is 395 g/mol. The van der Waals surface area contributed by atoms with Crippen molar-refractivity contribution in [3.63, 3.8) is 0 Å². The summed E-state index contributed by atoms with van der Waals surface area (Å²) in [5.74, 6) is 0.0804. The maximum Gasteiger partial charge on any atom is 0.340 e. The number of H-pyrrole nitrogens is 1. The summed E-state index contributed by atoms with van der Waals surface area (Å²) >= 11 is 0. The average Bonchev–Trinajstić information content (AvgIpc) is 3.25. The minimum atomic E-state index is -0.518. The Morgan fingerprint density at radius 3 is 2.38 bits per heavy atom. The zero-order chi connectivity index (χ0) is 21.1. The molecule has 0 spiro atoms. The lowest BCUT2D eigenvalue weighted by Crippen LogP contribution is -2.17. The standard InChI is InChI=1S/C21H25N5O3/c1-6-29-21(28)19-14(5)22-13(4)18(19)17(27)11-26-24-20(23-25-26)16-9-7-15(8-10-16)12(2)3/h7-10,12,22H,6,11H2,1-5H3. The molecule has 8 nitrogen and oxygen atoms in total. The molecule has 0 bridgehead atoms. The second-order valence-corrected chi connectivity index (χ2v) is 7.19. The summed E-state index contributed by atoms with van der Waals surface area (Å²) in [4.78, 5) is 29.4. The molecular formula is C21H25N5O3. The van der Waals surface area contributed by atoms with Crippen molar-refractivity contribution in [3.05, 3.63) is 52.3 Å². The molecule has 0 saturated heterocycles. The van der Waals surface area contributed by atoms with Gasteiger partial charge in [0.25, 0.3) is 0 Å². The minimum Gasteiger partial charge on any atom is -0.462 e.